The smallest absolute Gasteiger partial charge is 0.277 e. The first-order valence-electron chi connectivity index (χ1n) is 7.47. The largest absolute Gasteiger partial charge is 0.356 e. The lowest BCUT2D eigenvalue weighted by Gasteiger charge is -2.03. The number of carbonyl (C=O) groups is 2. The van der Waals surface area contributed by atoms with E-state index in [2.05, 4.69) is 32.5 Å². The summed E-state index contributed by atoms with van der Waals surface area (Å²) >= 11 is 1.28. The van der Waals surface area contributed by atoms with Crippen molar-refractivity contribution in [1.82, 2.24) is 20.3 Å². The monoisotopic (exact) mass is 333 g/mol. The van der Waals surface area contributed by atoms with Crippen LogP contribution in [0.3, 0.4) is 0 Å². The van der Waals surface area contributed by atoms with Crippen LogP contribution in [0, 0.1) is 0 Å². The summed E-state index contributed by atoms with van der Waals surface area (Å²) in [7, 11) is 0. The molecule has 0 aliphatic rings. The number of anilines is 1. The number of hydrogen-bond acceptors (Lipinski definition) is 6. The molecule has 0 saturated carbocycles. The number of thiazole rings is 1. The number of hydrogen-bond donors (Lipinski definition) is 2. The fraction of sp³-hybridized carbons (Fsp3) is 0.400. The minimum Gasteiger partial charge on any atom is -0.356 e. The topological polar surface area (TPSA) is 96.9 Å². The lowest BCUT2D eigenvalue weighted by Crippen LogP contribution is -2.26. The molecule has 0 aliphatic heterocycles. The quantitative estimate of drug-likeness (QED) is 0.721. The Morgan fingerprint density at radius 1 is 1.26 bits per heavy atom. The van der Waals surface area contributed by atoms with Crippen LogP contribution in [0.25, 0.3) is 0 Å². The summed E-state index contributed by atoms with van der Waals surface area (Å²) in [6.07, 6.45) is 7.75. The SMILES string of the molecule is CCCCCNC(=O)Cc1csc(NC(=O)c2cnccn2)n1. The lowest BCUT2D eigenvalue weighted by atomic mass is 10.2. The number of carbonyl (C=O) groups excluding carboxylic acids is 2. The second-order valence-corrected chi connectivity index (χ2v) is 5.78. The van der Waals surface area contributed by atoms with Gasteiger partial charge in [-0.25, -0.2) is 9.97 Å². The zero-order valence-electron chi connectivity index (χ0n) is 12.9. The van der Waals surface area contributed by atoms with E-state index in [4.69, 9.17) is 0 Å². The molecule has 0 aliphatic carbocycles. The standard InChI is InChI=1S/C15H19N5O2S/c1-2-3-4-5-18-13(21)8-11-10-23-15(19-11)20-14(22)12-9-16-6-7-17-12/h6-7,9-10H,2-5,8H2,1H3,(H,18,21)(H,19,20,22). The first-order valence-corrected chi connectivity index (χ1v) is 8.35. The van der Waals surface area contributed by atoms with Crippen molar-refractivity contribution in [3.63, 3.8) is 0 Å². The molecule has 2 aromatic heterocycles. The van der Waals surface area contributed by atoms with Crippen LogP contribution in [0.15, 0.2) is 24.0 Å². The number of rotatable bonds is 8. The maximum atomic E-state index is 11.9. The Kier molecular flexibility index (Phi) is 6.61. The van der Waals surface area contributed by atoms with Crippen LogP contribution in [0.1, 0.15) is 42.4 Å². The van der Waals surface area contributed by atoms with E-state index >= 15 is 0 Å². The highest BCUT2D eigenvalue weighted by atomic mass is 32.1. The Bertz CT molecular complexity index is 644. The molecule has 0 saturated heterocycles. The Labute approximate surface area is 138 Å². The maximum Gasteiger partial charge on any atom is 0.277 e. The van der Waals surface area contributed by atoms with Gasteiger partial charge in [0.25, 0.3) is 5.91 Å². The molecular weight excluding hydrogens is 314 g/mol. The molecule has 2 heterocycles. The van der Waals surface area contributed by atoms with Gasteiger partial charge in [0.15, 0.2) is 5.13 Å². The van der Waals surface area contributed by atoms with Gasteiger partial charge in [-0.05, 0) is 6.42 Å². The van der Waals surface area contributed by atoms with Gasteiger partial charge in [0.05, 0.1) is 18.3 Å². The molecule has 8 heteroatoms. The van der Waals surface area contributed by atoms with Crippen LogP contribution in [0.2, 0.25) is 0 Å². The fourth-order valence-corrected chi connectivity index (χ4v) is 2.56. The highest BCUT2D eigenvalue weighted by molar-refractivity contribution is 7.14. The number of unbranched alkanes of at least 4 members (excludes halogenated alkanes) is 2. The van der Waals surface area contributed by atoms with Crippen LogP contribution >= 0.6 is 11.3 Å². The number of nitrogens with one attached hydrogen (secondary N) is 2. The van der Waals surface area contributed by atoms with Gasteiger partial charge in [0.2, 0.25) is 5.91 Å². The van der Waals surface area contributed by atoms with Crippen LogP contribution in [-0.2, 0) is 11.2 Å². The first-order chi connectivity index (χ1) is 11.2. The highest BCUT2D eigenvalue weighted by Gasteiger charge is 2.11. The summed E-state index contributed by atoms with van der Waals surface area (Å²) < 4.78 is 0. The van der Waals surface area contributed by atoms with E-state index in [-0.39, 0.29) is 23.9 Å². The van der Waals surface area contributed by atoms with Crippen LogP contribution in [-0.4, -0.2) is 33.3 Å². The minimum atomic E-state index is -0.372. The zero-order valence-corrected chi connectivity index (χ0v) is 13.7. The fourth-order valence-electron chi connectivity index (χ4n) is 1.85. The van der Waals surface area contributed by atoms with E-state index in [1.165, 1.54) is 29.9 Å². The van der Waals surface area contributed by atoms with E-state index in [9.17, 15) is 9.59 Å². The van der Waals surface area contributed by atoms with Crippen LogP contribution in [0.4, 0.5) is 5.13 Å². The molecule has 2 rings (SSSR count). The molecule has 0 spiro atoms. The van der Waals surface area contributed by atoms with Crippen molar-refractivity contribution in [3.8, 4) is 0 Å². The normalized spacial score (nSPS) is 10.3. The van der Waals surface area contributed by atoms with E-state index in [0.29, 0.717) is 17.4 Å². The molecular formula is C15H19N5O2S. The van der Waals surface area contributed by atoms with Gasteiger partial charge in [0.1, 0.15) is 5.69 Å². The Morgan fingerprint density at radius 2 is 2.13 bits per heavy atom. The Balaban J connectivity index is 1.81. The second-order valence-electron chi connectivity index (χ2n) is 4.92. The predicted molar refractivity (Wildman–Crippen MR) is 88.3 cm³/mol. The number of amides is 2. The summed E-state index contributed by atoms with van der Waals surface area (Å²) in [6.45, 7) is 2.81. The molecule has 0 fully saturated rings. The van der Waals surface area contributed by atoms with Gasteiger partial charge < -0.3 is 5.32 Å². The third-order valence-electron chi connectivity index (χ3n) is 3.01. The van der Waals surface area contributed by atoms with Gasteiger partial charge in [-0.15, -0.1) is 11.3 Å². The minimum absolute atomic E-state index is 0.0572. The van der Waals surface area contributed by atoms with E-state index in [1.54, 1.807) is 5.38 Å². The van der Waals surface area contributed by atoms with E-state index in [0.717, 1.165) is 19.3 Å². The summed E-state index contributed by atoms with van der Waals surface area (Å²) in [4.78, 5) is 35.7. The van der Waals surface area contributed by atoms with Crippen molar-refractivity contribution >= 4 is 28.3 Å². The lowest BCUT2D eigenvalue weighted by molar-refractivity contribution is -0.120. The average molecular weight is 333 g/mol. The van der Waals surface area contributed by atoms with Gasteiger partial charge in [-0.2, -0.15) is 0 Å². The number of aromatic nitrogens is 3. The van der Waals surface area contributed by atoms with Crippen molar-refractivity contribution in [3.05, 3.63) is 35.4 Å². The maximum absolute atomic E-state index is 11.9. The van der Waals surface area contributed by atoms with Gasteiger partial charge in [-0.1, -0.05) is 19.8 Å². The molecule has 2 N–H and O–H groups in total. The van der Waals surface area contributed by atoms with E-state index in [1.807, 2.05) is 0 Å². The van der Waals surface area contributed by atoms with Crippen LogP contribution < -0.4 is 10.6 Å². The average Bonchev–Trinajstić information content (AvgIpc) is 2.99. The summed E-state index contributed by atoms with van der Waals surface area (Å²) in [5.74, 6) is -0.429. The van der Waals surface area contributed by atoms with Crippen molar-refractivity contribution < 1.29 is 9.59 Å². The number of nitrogens with zero attached hydrogens (tertiary/aromatic N) is 3. The van der Waals surface area contributed by atoms with Crippen molar-refractivity contribution in [2.75, 3.05) is 11.9 Å². The molecule has 0 bridgehead atoms. The Hall–Kier alpha value is -2.35. The molecule has 2 aromatic rings. The van der Waals surface area contributed by atoms with Crippen molar-refractivity contribution in [2.24, 2.45) is 0 Å². The Morgan fingerprint density at radius 3 is 2.87 bits per heavy atom. The van der Waals surface area contributed by atoms with Crippen molar-refractivity contribution in [2.45, 2.75) is 32.6 Å². The molecule has 0 aromatic carbocycles. The van der Waals surface area contributed by atoms with E-state index < -0.39 is 0 Å². The zero-order chi connectivity index (χ0) is 16.5. The molecule has 122 valence electrons. The third-order valence-corrected chi connectivity index (χ3v) is 3.82. The van der Waals surface area contributed by atoms with Gasteiger partial charge in [0, 0.05) is 24.3 Å². The van der Waals surface area contributed by atoms with Gasteiger partial charge >= 0.3 is 0 Å². The molecule has 0 atom stereocenters. The van der Waals surface area contributed by atoms with Crippen LogP contribution in [0.5, 0.6) is 0 Å². The summed E-state index contributed by atoms with van der Waals surface area (Å²) in [5, 5.41) is 7.71. The summed E-state index contributed by atoms with van der Waals surface area (Å²) in [6, 6.07) is 0. The predicted octanol–water partition coefficient (Wildman–Crippen LogP) is 2.03. The molecule has 2 amide bonds. The van der Waals surface area contributed by atoms with Gasteiger partial charge in [-0.3, -0.25) is 19.9 Å². The second kappa shape index (κ2) is 8.94. The summed E-state index contributed by atoms with van der Waals surface area (Å²) in [5.41, 5.74) is 0.857. The van der Waals surface area contributed by atoms with Crippen molar-refractivity contribution in [1.29, 1.82) is 0 Å². The molecule has 23 heavy (non-hydrogen) atoms. The highest BCUT2D eigenvalue weighted by Crippen LogP contribution is 2.16. The molecule has 0 unspecified atom stereocenters. The molecule has 0 radical (unpaired) electrons. The third kappa shape index (κ3) is 5.74. The molecule has 7 nitrogen and oxygen atoms in total. The first kappa shape index (κ1) is 17.0.